The monoisotopic (exact) mass is 305 g/mol. The molecular formula is C14H19N5O3. The zero-order chi connectivity index (χ0) is 16.1. The van der Waals surface area contributed by atoms with Gasteiger partial charge in [-0.1, -0.05) is 13.3 Å². The maximum atomic E-state index is 12.1. The molecule has 0 fully saturated rings. The third-order valence-electron chi connectivity index (χ3n) is 3.19. The van der Waals surface area contributed by atoms with E-state index in [1.807, 2.05) is 6.92 Å². The van der Waals surface area contributed by atoms with E-state index >= 15 is 0 Å². The van der Waals surface area contributed by atoms with Crippen LogP contribution in [0.4, 0.5) is 5.82 Å². The maximum Gasteiger partial charge on any atom is 0.265 e. The summed E-state index contributed by atoms with van der Waals surface area (Å²) in [6.07, 6.45) is 3.66. The number of aromatic amines is 1. The number of carbonyl (C=O) groups excluding carboxylic acids is 1. The molecule has 2 rings (SSSR count). The summed E-state index contributed by atoms with van der Waals surface area (Å²) in [7, 11) is 0. The molecule has 0 saturated carbocycles. The molecule has 0 unspecified atom stereocenters. The minimum atomic E-state index is -0.439. The molecule has 1 amide bonds. The van der Waals surface area contributed by atoms with Crippen LogP contribution in [0.1, 0.15) is 25.3 Å². The van der Waals surface area contributed by atoms with Gasteiger partial charge in [-0.15, -0.1) is 0 Å². The summed E-state index contributed by atoms with van der Waals surface area (Å²) in [6.45, 7) is 4.38. The molecule has 0 radical (unpaired) electrons. The van der Waals surface area contributed by atoms with Gasteiger partial charge < -0.3 is 5.32 Å². The topological polar surface area (TPSA) is 102 Å². The molecule has 0 aliphatic carbocycles. The second-order valence-electron chi connectivity index (χ2n) is 5.03. The summed E-state index contributed by atoms with van der Waals surface area (Å²) in [5.74, 6) is 0.218. The number of aromatic nitrogens is 4. The Balaban J connectivity index is 2.12. The zero-order valence-electron chi connectivity index (χ0n) is 12.6. The van der Waals surface area contributed by atoms with Gasteiger partial charge in [-0.05, 0) is 13.3 Å². The van der Waals surface area contributed by atoms with Crippen molar-refractivity contribution in [2.75, 3.05) is 5.32 Å². The van der Waals surface area contributed by atoms with E-state index in [1.165, 1.54) is 0 Å². The van der Waals surface area contributed by atoms with Crippen LogP contribution in [0.3, 0.4) is 0 Å². The van der Waals surface area contributed by atoms with E-state index in [1.54, 1.807) is 10.9 Å². The van der Waals surface area contributed by atoms with Gasteiger partial charge in [0.1, 0.15) is 12.4 Å². The van der Waals surface area contributed by atoms with Crippen LogP contribution < -0.4 is 16.4 Å². The van der Waals surface area contributed by atoms with Gasteiger partial charge in [0, 0.05) is 24.2 Å². The lowest BCUT2D eigenvalue weighted by Crippen LogP contribution is -2.33. The summed E-state index contributed by atoms with van der Waals surface area (Å²) in [6, 6.07) is 2.25. The number of nitrogens with one attached hydrogen (secondary N) is 2. The van der Waals surface area contributed by atoms with Crippen molar-refractivity contribution in [3.63, 3.8) is 0 Å². The van der Waals surface area contributed by atoms with Gasteiger partial charge in [0.15, 0.2) is 0 Å². The maximum absolute atomic E-state index is 12.1. The predicted octanol–water partition coefficient (Wildman–Crippen LogP) is 0.480. The SMILES string of the molecule is CCCCn1ncc(C)c1NC(=O)Cn1[nH]c(=O)ccc1=O. The van der Waals surface area contributed by atoms with Gasteiger partial charge in [-0.2, -0.15) is 5.10 Å². The Morgan fingerprint density at radius 3 is 2.86 bits per heavy atom. The van der Waals surface area contributed by atoms with Crippen molar-refractivity contribution in [3.8, 4) is 0 Å². The van der Waals surface area contributed by atoms with E-state index in [0.717, 1.165) is 35.2 Å². The predicted molar refractivity (Wildman–Crippen MR) is 81.8 cm³/mol. The highest BCUT2D eigenvalue weighted by molar-refractivity contribution is 5.90. The second-order valence-corrected chi connectivity index (χ2v) is 5.03. The molecule has 0 atom stereocenters. The van der Waals surface area contributed by atoms with Crippen molar-refractivity contribution < 1.29 is 4.79 Å². The molecule has 0 spiro atoms. The van der Waals surface area contributed by atoms with Crippen molar-refractivity contribution >= 4 is 11.7 Å². The number of rotatable bonds is 6. The summed E-state index contributed by atoms with van der Waals surface area (Å²) in [4.78, 5) is 34.9. The lowest BCUT2D eigenvalue weighted by molar-refractivity contribution is -0.117. The molecule has 0 bridgehead atoms. The first-order chi connectivity index (χ1) is 10.5. The molecule has 2 aromatic rings. The third kappa shape index (κ3) is 3.72. The van der Waals surface area contributed by atoms with Gasteiger partial charge in [0.2, 0.25) is 5.91 Å². The average molecular weight is 305 g/mol. The number of hydrogen-bond acceptors (Lipinski definition) is 4. The van der Waals surface area contributed by atoms with E-state index in [0.29, 0.717) is 12.4 Å². The number of aryl methyl sites for hydroxylation is 2. The van der Waals surface area contributed by atoms with Gasteiger partial charge in [-0.25, -0.2) is 9.36 Å². The van der Waals surface area contributed by atoms with Crippen LogP contribution in [0.15, 0.2) is 27.9 Å². The van der Waals surface area contributed by atoms with Crippen LogP contribution in [-0.2, 0) is 17.9 Å². The Hall–Kier alpha value is -2.64. The fourth-order valence-electron chi connectivity index (χ4n) is 2.01. The highest BCUT2D eigenvalue weighted by atomic mass is 16.2. The van der Waals surface area contributed by atoms with Crippen LogP contribution in [-0.4, -0.2) is 25.5 Å². The standard InChI is InChI=1S/C14H19N5O3/c1-3-4-7-18-14(10(2)8-15-18)16-12(21)9-19-13(22)6-5-11(20)17-19/h5-6,8H,3-4,7,9H2,1-2H3,(H,16,21)(H,17,20). The number of hydrogen-bond donors (Lipinski definition) is 2. The van der Waals surface area contributed by atoms with Gasteiger partial charge in [-0.3, -0.25) is 19.5 Å². The molecule has 0 aliphatic heterocycles. The van der Waals surface area contributed by atoms with Crippen molar-refractivity contribution in [2.45, 2.75) is 39.8 Å². The van der Waals surface area contributed by atoms with Crippen LogP contribution >= 0.6 is 0 Å². The number of nitrogens with zero attached hydrogens (tertiary/aromatic N) is 3. The molecule has 8 nitrogen and oxygen atoms in total. The number of unbranched alkanes of at least 4 members (excludes halogenated alkanes) is 1. The molecule has 0 aliphatic rings. The highest BCUT2D eigenvalue weighted by Crippen LogP contribution is 2.14. The average Bonchev–Trinajstić information content (AvgIpc) is 2.81. The van der Waals surface area contributed by atoms with E-state index < -0.39 is 17.0 Å². The Morgan fingerprint density at radius 1 is 1.36 bits per heavy atom. The van der Waals surface area contributed by atoms with E-state index in [-0.39, 0.29) is 6.54 Å². The molecule has 0 aromatic carbocycles. The second kappa shape index (κ2) is 6.88. The molecular weight excluding hydrogens is 286 g/mol. The summed E-state index contributed by atoms with van der Waals surface area (Å²) >= 11 is 0. The Morgan fingerprint density at radius 2 is 2.14 bits per heavy atom. The number of amides is 1. The summed E-state index contributed by atoms with van der Waals surface area (Å²) in [5.41, 5.74) is -0.0270. The first kappa shape index (κ1) is 15.7. The minimum Gasteiger partial charge on any atom is -0.309 e. The van der Waals surface area contributed by atoms with Crippen molar-refractivity contribution in [1.82, 2.24) is 19.6 Å². The molecule has 2 heterocycles. The van der Waals surface area contributed by atoms with Gasteiger partial charge in [0.25, 0.3) is 11.1 Å². The van der Waals surface area contributed by atoms with E-state index in [4.69, 9.17) is 0 Å². The molecule has 118 valence electrons. The van der Waals surface area contributed by atoms with Crippen molar-refractivity contribution in [3.05, 3.63) is 44.6 Å². The summed E-state index contributed by atoms with van der Waals surface area (Å²) in [5, 5.41) is 9.28. The lowest BCUT2D eigenvalue weighted by Gasteiger charge is -2.10. The number of H-pyrrole nitrogens is 1. The Bertz CT molecular complexity index is 771. The fraction of sp³-hybridized carbons (Fsp3) is 0.429. The highest BCUT2D eigenvalue weighted by Gasteiger charge is 2.12. The fourth-order valence-corrected chi connectivity index (χ4v) is 2.01. The number of anilines is 1. The first-order valence-corrected chi connectivity index (χ1v) is 7.13. The van der Waals surface area contributed by atoms with Gasteiger partial charge in [0.05, 0.1) is 6.20 Å². The molecule has 2 N–H and O–H groups in total. The van der Waals surface area contributed by atoms with Crippen molar-refractivity contribution in [2.24, 2.45) is 0 Å². The Kier molecular flexibility index (Phi) is 4.92. The van der Waals surface area contributed by atoms with Crippen molar-refractivity contribution in [1.29, 1.82) is 0 Å². The quantitative estimate of drug-likeness (QED) is 0.810. The molecule has 8 heteroatoms. The van der Waals surface area contributed by atoms with Crippen LogP contribution in [0.25, 0.3) is 0 Å². The lowest BCUT2D eigenvalue weighted by atomic mass is 10.3. The smallest absolute Gasteiger partial charge is 0.265 e. The van der Waals surface area contributed by atoms with Crippen LogP contribution in [0.5, 0.6) is 0 Å². The molecule has 0 saturated heterocycles. The van der Waals surface area contributed by atoms with E-state index in [9.17, 15) is 14.4 Å². The largest absolute Gasteiger partial charge is 0.309 e. The Labute approximate surface area is 126 Å². The van der Waals surface area contributed by atoms with E-state index in [2.05, 4.69) is 22.4 Å². The molecule has 22 heavy (non-hydrogen) atoms. The minimum absolute atomic E-state index is 0.257. The normalized spacial score (nSPS) is 10.6. The number of carbonyl (C=O) groups is 1. The van der Waals surface area contributed by atoms with Crippen LogP contribution in [0.2, 0.25) is 0 Å². The molecule has 2 aromatic heterocycles. The van der Waals surface area contributed by atoms with Gasteiger partial charge >= 0.3 is 0 Å². The third-order valence-corrected chi connectivity index (χ3v) is 3.19. The summed E-state index contributed by atoms with van der Waals surface area (Å²) < 4.78 is 2.70. The zero-order valence-corrected chi connectivity index (χ0v) is 12.6. The first-order valence-electron chi connectivity index (χ1n) is 7.13. The van der Waals surface area contributed by atoms with Crippen LogP contribution in [0, 0.1) is 6.92 Å².